The van der Waals surface area contributed by atoms with Crippen LogP contribution in [0.1, 0.15) is 39.2 Å². The van der Waals surface area contributed by atoms with E-state index in [0.717, 1.165) is 38.0 Å². The van der Waals surface area contributed by atoms with Crippen molar-refractivity contribution in [3.8, 4) is 0 Å². The summed E-state index contributed by atoms with van der Waals surface area (Å²) in [5.41, 5.74) is 2.10. The Morgan fingerprint density at radius 3 is 2.67 bits per heavy atom. The van der Waals surface area contributed by atoms with Crippen molar-refractivity contribution in [3.63, 3.8) is 0 Å². The van der Waals surface area contributed by atoms with Gasteiger partial charge in [-0.25, -0.2) is 4.79 Å². The molecule has 0 unspecified atom stereocenters. The zero-order chi connectivity index (χ0) is 15.2. The number of nitrogens with one attached hydrogen (secondary N) is 2. The van der Waals surface area contributed by atoms with Gasteiger partial charge in [0, 0.05) is 30.9 Å². The molecule has 0 atom stereocenters. The minimum atomic E-state index is -0.0914. The Bertz CT molecular complexity index is 465. The van der Waals surface area contributed by atoms with Crippen molar-refractivity contribution in [3.05, 3.63) is 29.8 Å². The normalized spacial score (nSPS) is 17.0. The minimum absolute atomic E-state index is 0.0914. The molecule has 2 N–H and O–H groups in total. The van der Waals surface area contributed by atoms with Crippen LogP contribution in [0.4, 0.5) is 10.5 Å². The number of aryl methyl sites for hydroxylation is 1. The third-order valence-electron chi connectivity index (χ3n) is 4.19. The fourth-order valence-corrected chi connectivity index (χ4v) is 2.78. The van der Waals surface area contributed by atoms with Crippen LogP contribution >= 0.6 is 0 Å². The minimum Gasteiger partial charge on any atom is -0.335 e. The molecule has 1 saturated heterocycles. The fraction of sp³-hybridized carbons (Fsp3) is 0.588. The van der Waals surface area contributed by atoms with Crippen LogP contribution in [0.25, 0.3) is 0 Å². The number of likely N-dealkylation sites (tertiary alicyclic amines) is 1. The Morgan fingerprint density at radius 1 is 1.33 bits per heavy atom. The van der Waals surface area contributed by atoms with Crippen molar-refractivity contribution in [2.45, 2.75) is 52.1 Å². The summed E-state index contributed by atoms with van der Waals surface area (Å²) in [6.07, 6.45) is 3.03. The van der Waals surface area contributed by atoms with Gasteiger partial charge in [-0.1, -0.05) is 19.1 Å². The van der Waals surface area contributed by atoms with Crippen molar-refractivity contribution in [2.24, 2.45) is 0 Å². The Labute approximate surface area is 127 Å². The van der Waals surface area contributed by atoms with E-state index in [0.29, 0.717) is 6.04 Å². The number of hydrogen-bond donors (Lipinski definition) is 2. The van der Waals surface area contributed by atoms with E-state index in [-0.39, 0.29) is 12.1 Å². The van der Waals surface area contributed by atoms with Gasteiger partial charge in [0.2, 0.25) is 0 Å². The van der Waals surface area contributed by atoms with Gasteiger partial charge in [-0.05, 0) is 50.8 Å². The topological polar surface area (TPSA) is 44.4 Å². The molecule has 1 aliphatic heterocycles. The number of carbonyl (C=O) groups excluding carboxylic acids is 1. The van der Waals surface area contributed by atoms with E-state index in [4.69, 9.17) is 0 Å². The van der Waals surface area contributed by atoms with Crippen molar-refractivity contribution < 1.29 is 4.79 Å². The number of amides is 2. The predicted molar refractivity (Wildman–Crippen MR) is 87.7 cm³/mol. The number of anilines is 1. The molecular weight excluding hydrogens is 262 g/mol. The van der Waals surface area contributed by atoms with E-state index in [9.17, 15) is 4.79 Å². The van der Waals surface area contributed by atoms with Crippen LogP contribution in [0.5, 0.6) is 0 Å². The smallest absolute Gasteiger partial charge is 0.319 e. The van der Waals surface area contributed by atoms with Crippen molar-refractivity contribution in [1.82, 2.24) is 10.2 Å². The molecule has 1 aromatic rings. The summed E-state index contributed by atoms with van der Waals surface area (Å²) in [7, 11) is 0. The lowest BCUT2D eigenvalue weighted by atomic mass is 10.0. The molecule has 0 spiro atoms. The molecule has 21 heavy (non-hydrogen) atoms. The molecule has 1 heterocycles. The molecule has 0 saturated carbocycles. The second kappa shape index (κ2) is 7.46. The van der Waals surface area contributed by atoms with Crippen molar-refractivity contribution in [2.75, 3.05) is 18.4 Å². The third kappa shape index (κ3) is 4.74. The summed E-state index contributed by atoms with van der Waals surface area (Å²) in [6, 6.07) is 8.80. The molecular formula is C17H27N3O. The van der Waals surface area contributed by atoms with E-state index in [1.54, 1.807) is 0 Å². The van der Waals surface area contributed by atoms with Gasteiger partial charge in [-0.15, -0.1) is 0 Å². The number of benzene rings is 1. The molecule has 0 aromatic heterocycles. The molecule has 4 heteroatoms. The lowest BCUT2D eigenvalue weighted by Crippen LogP contribution is -2.47. The first kappa shape index (κ1) is 15.8. The predicted octanol–water partition coefficient (Wildman–Crippen LogP) is 3.24. The van der Waals surface area contributed by atoms with Crippen LogP contribution in [-0.2, 0) is 6.42 Å². The van der Waals surface area contributed by atoms with Gasteiger partial charge in [0.1, 0.15) is 0 Å². The highest BCUT2D eigenvalue weighted by Crippen LogP contribution is 2.14. The Kier molecular flexibility index (Phi) is 5.62. The van der Waals surface area contributed by atoms with Crippen LogP contribution in [0.15, 0.2) is 24.3 Å². The first-order valence-corrected chi connectivity index (χ1v) is 7.99. The maximum atomic E-state index is 12.1. The highest BCUT2D eigenvalue weighted by molar-refractivity contribution is 5.89. The molecule has 1 fully saturated rings. The average Bonchev–Trinajstić information content (AvgIpc) is 2.47. The quantitative estimate of drug-likeness (QED) is 0.893. The number of piperidine rings is 1. The van der Waals surface area contributed by atoms with E-state index >= 15 is 0 Å². The zero-order valence-electron chi connectivity index (χ0n) is 13.4. The molecule has 4 nitrogen and oxygen atoms in total. The summed E-state index contributed by atoms with van der Waals surface area (Å²) < 4.78 is 0. The SMILES string of the molecule is CCc1cccc(NC(=O)NC2CCN(C(C)C)CC2)c1. The molecule has 0 aliphatic carbocycles. The second-order valence-electron chi connectivity index (χ2n) is 6.06. The van der Waals surface area contributed by atoms with Gasteiger partial charge in [0.05, 0.1) is 0 Å². The Balaban J connectivity index is 1.80. The van der Waals surface area contributed by atoms with Crippen LogP contribution < -0.4 is 10.6 Å². The molecule has 1 aromatic carbocycles. The lowest BCUT2D eigenvalue weighted by molar-refractivity contribution is 0.163. The number of urea groups is 1. The van der Waals surface area contributed by atoms with Crippen LogP contribution in [0.3, 0.4) is 0 Å². The van der Waals surface area contributed by atoms with E-state index < -0.39 is 0 Å². The first-order valence-electron chi connectivity index (χ1n) is 7.99. The Hall–Kier alpha value is -1.55. The standard InChI is InChI=1S/C17H27N3O/c1-4-14-6-5-7-16(12-14)19-17(21)18-15-8-10-20(11-9-15)13(2)3/h5-7,12-13,15H,4,8-11H2,1-3H3,(H2,18,19,21). The molecule has 0 radical (unpaired) electrons. The maximum absolute atomic E-state index is 12.1. The number of nitrogens with zero attached hydrogens (tertiary/aromatic N) is 1. The lowest BCUT2D eigenvalue weighted by Gasteiger charge is -2.34. The van der Waals surface area contributed by atoms with Gasteiger partial charge in [-0.2, -0.15) is 0 Å². The fourth-order valence-electron chi connectivity index (χ4n) is 2.78. The largest absolute Gasteiger partial charge is 0.335 e. The summed E-state index contributed by atoms with van der Waals surface area (Å²) in [5.74, 6) is 0. The van der Waals surface area contributed by atoms with Gasteiger partial charge in [-0.3, -0.25) is 0 Å². The van der Waals surface area contributed by atoms with E-state index in [2.05, 4.69) is 42.4 Å². The van der Waals surface area contributed by atoms with Gasteiger partial charge in [0.25, 0.3) is 0 Å². The first-order chi connectivity index (χ1) is 10.1. The number of rotatable bonds is 4. The highest BCUT2D eigenvalue weighted by Gasteiger charge is 2.21. The summed E-state index contributed by atoms with van der Waals surface area (Å²) in [6.45, 7) is 8.69. The van der Waals surface area contributed by atoms with Crippen molar-refractivity contribution in [1.29, 1.82) is 0 Å². The van der Waals surface area contributed by atoms with Crippen LogP contribution in [0, 0.1) is 0 Å². The maximum Gasteiger partial charge on any atom is 0.319 e. The monoisotopic (exact) mass is 289 g/mol. The summed E-state index contributed by atoms with van der Waals surface area (Å²) in [5, 5.41) is 6.02. The van der Waals surface area contributed by atoms with Crippen LogP contribution in [0.2, 0.25) is 0 Å². The van der Waals surface area contributed by atoms with Gasteiger partial charge < -0.3 is 15.5 Å². The third-order valence-corrected chi connectivity index (χ3v) is 4.19. The molecule has 116 valence electrons. The average molecular weight is 289 g/mol. The Morgan fingerprint density at radius 2 is 2.05 bits per heavy atom. The molecule has 0 bridgehead atoms. The molecule has 1 aliphatic rings. The van der Waals surface area contributed by atoms with E-state index in [1.807, 2.05) is 18.2 Å². The van der Waals surface area contributed by atoms with Crippen LogP contribution in [-0.4, -0.2) is 36.1 Å². The van der Waals surface area contributed by atoms with Crippen molar-refractivity contribution >= 4 is 11.7 Å². The molecule has 2 rings (SSSR count). The number of hydrogen-bond acceptors (Lipinski definition) is 2. The van der Waals surface area contributed by atoms with Gasteiger partial charge in [0.15, 0.2) is 0 Å². The zero-order valence-corrected chi connectivity index (χ0v) is 13.4. The second-order valence-corrected chi connectivity index (χ2v) is 6.06. The van der Waals surface area contributed by atoms with Gasteiger partial charge >= 0.3 is 6.03 Å². The summed E-state index contributed by atoms with van der Waals surface area (Å²) >= 11 is 0. The highest BCUT2D eigenvalue weighted by atomic mass is 16.2. The number of carbonyl (C=O) groups is 1. The van der Waals surface area contributed by atoms with E-state index in [1.165, 1.54) is 5.56 Å². The summed E-state index contributed by atoms with van der Waals surface area (Å²) in [4.78, 5) is 14.5. The molecule has 2 amide bonds.